The number of aryl methyl sites for hydroxylation is 1. The lowest BCUT2D eigenvalue weighted by atomic mass is 10.1. The molecule has 2 N–H and O–H groups in total. The third-order valence-electron chi connectivity index (χ3n) is 3.63. The summed E-state index contributed by atoms with van der Waals surface area (Å²) in [5, 5.41) is 2.59. The second-order valence-corrected chi connectivity index (χ2v) is 5.29. The molecule has 2 aromatic rings. The number of aromatic nitrogens is 1. The highest BCUT2D eigenvalue weighted by Gasteiger charge is 2.19. The first-order chi connectivity index (χ1) is 12.4. The zero-order valence-electron chi connectivity index (χ0n) is 15.0. The lowest BCUT2D eigenvalue weighted by Crippen LogP contribution is -2.26. The SMILES string of the molecule is CCOC(=O)c1cc(C(=O)Nc2cc(OC)ccc2OC)c(=O)[nH]c1C. The van der Waals surface area contributed by atoms with Gasteiger partial charge in [-0.05, 0) is 32.0 Å². The molecule has 0 fully saturated rings. The summed E-state index contributed by atoms with van der Waals surface area (Å²) in [7, 11) is 2.94. The molecule has 26 heavy (non-hydrogen) atoms. The highest BCUT2D eigenvalue weighted by molar-refractivity contribution is 6.06. The molecule has 138 valence electrons. The van der Waals surface area contributed by atoms with Crippen LogP contribution in [0.4, 0.5) is 5.69 Å². The zero-order chi connectivity index (χ0) is 19.3. The van der Waals surface area contributed by atoms with E-state index in [2.05, 4.69) is 10.3 Å². The van der Waals surface area contributed by atoms with Gasteiger partial charge in [-0.1, -0.05) is 0 Å². The van der Waals surface area contributed by atoms with Gasteiger partial charge in [0.2, 0.25) is 0 Å². The first-order valence-electron chi connectivity index (χ1n) is 7.85. The lowest BCUT2D eigenvalue weighted by Gasteiger charge is -2.12. The van der Waals surface area contributed by atoms with Crippen LogP contribution in [0.25, 0.3) is 0 Å². The number of methoxy groups -OCH3 is 2. The summed E-state index contributed by atoms with van der Waals surface area (Å²) in [5.41, 5.74) is -0.0638. The van der Waals surface area contributed by atoms with Crippen molar-refractivity contribution in [3.63, 3.8) is 0 Å². The van der Waals surface area contributed by atoms with Gasteiger partial charge in [0.25, 0.3) is 11.5 Å². The van der Waals surface area contributed by atoms with E-state index in [0.717, 1.165) is 0 Å². The lowest BCUT2D eigenvalue weighted by molar-refractivity contribution is 0.0525. The molecule has 1 aromatic carbocycles. The largest absolute Gasteiger partial charge is 0.497 e. The molecule has 0 unspecified atom stereocenters. The number of carbonyl (C=O) groups is 2. The number of nitrogens with one attached hydrogen (secondary N) is 2. The van der Waals surface area contributed by atoms with Gasteiger partial charge in [0.1, 0.15) is 17.1 Å². The summed E-state index contributed by atoms with van der Waals surface area (Å²) in [6.07, 6.45) is 0. The minimum atomic E-state index is -0.691. The van der Waals surface area contributed by atoms with Gasteiger partial charge < -0.3 is 24.5 Å². The van der Waals surface area contributed by atoms with Crippen molar-refractivity contribution in [1.29, 1.82) is 0 Å². The maximum atomic E-state index is 12.6. The predicted octanol–water partition coefficient (Wildman–Crippen LogP) is 2.13. The molecule has 0 atom stereocenters. The molecule has 8 heteroatoms. The summed E-state index contributed by atoms with van der Waals surface area (Å²) in [4.78, 5) is 39.2. The number of amides is 1. The van der Waals surface area contributed by atoms with E-state index in [4.69, 9.17) is 14.2 Å². The van der Waals surface area contributed by atoms with Crippen molar-refractivity contribution in [1.82, 2.24) is 4.98 Å². The minimum Gasteiger partial charge on any atom is -0.497 e. The molecule has 0 saturated heterocycles. The second-order valence-electron chi connectivity index (χ2n) is 5.29. The molecule has 1 amide bonds. The number of hydrogen-bond donors (Lipinski definition) is 2. The van der Waals surface area contributed by atoms with Gasteiger partial charge in [-0.15, -0.1) is 0 Å². The molecule has 0 spiro atoms. The van der Waals surface area contributed by atoms with Gasteiger partial charge in [0, 0.05) is 11.8 Å². The smallest absolute Gasteiger partial charge is 0.339 e. The van der Waals surface area contributed by atoms with Crippen molar-refractivity contribution in [3.8, 4) is 11.5 Å². The highest BCUT2D eigenvalue weighted by Crippen LogP contribution is 2.29. The fourth-order valence-corrected chi connectivity index (χ4v) is 2.31. The maximum Gasteiger partial charge on any atom is 0.339 e. The summed E-state index contributed by atoms with van der Waals surface area (Å²) >= 11 is 0. The molecule has 0 radical (unpaired) electrons. The maximum absolute atomic E-state index is 12.6. The third kappa shape index (κ3) is 4.02. The van der Waals surface area contributed by atoms with Crippen LogP contribution < -0.4 is 20.3 Å². The van der Waals surface area contributed by atoms with Crippen LogP contribution in [0.1, 0.15) is 33.3 Å². The van der Waals surface area contributed by atoms with Crippen LogP contribution in [0.3, 0.4) is 0 Å². The van der Waals surface area contributed by atoms with E-state index in [1.54, 1.807) is 32.0 Å². The van der Waals surface area contributed by atoms with E-state index in [1.807, 2.05) is 0 Å². The van der Waals surface area contributed by atoms with Gasteiger partial charge >= 0.3 is 5.97 Å². The predicted molar refractivity (Wildman–Crippen MR) is 95.3 cm³/mol. The topological polar surface area (TPSA) is 107 Å². The Bertz CT molecular complexity index is 888. The van der Waals surface area contributed by atoms with E-state index in [0.29, 0.717) is 22.9 Å². The Balaban J connectivity index is 2.40. The first-order valence-corrected chi connectivity index (χ1v) is 7.85. The van der Waals surface area contributed by atoms with Crippen LogP contribution in [-0.4, -0.2) is 37.7 Å². The molecule has 0 aliphatic heterocycles. The van der Waals surface area contributed by atoms with Crippen molar-refractivity contribution in [2.75, 3.05) is 26.1 Å². The fraction of sp³-hybridized carbons (Fsp3) is 0.278. The van der Waals surface area contributed by atoms with E-state index in [1.165, 1.54) is 20.3 Å². The number of aromatic amines is 1. The van der Waals surface area contributed by atoms with Gasteiger partial charge in [-0.2, -0.15) is 0 Å². The molecular formula is C18H20N2O6. The van der Waals surface area contributed by atoms with Crippen LogP contribution in [0, 0.1) is 6.92 Å². The monoisotopic (exact) mass is 360 g/mol. The number of hydrogen-bond acceptors (Lipinski definition) is 6. The van der Waals surface area contributed by atoms with E-state index >= 15 is 0 Å². The number of benzene rings is 1. The average molecular weight is 360 g/mol. The number of anilines is 1. The van der Waals surface area contributed by atoms with Gasteiger partial charge in [-0.25, -0.2) is 4.79 Å². The molecule has 0 aliphatic carbocycles. The molecule has 1 heterocycles. The van der Waals surface area contributed by atoms with Crippen molar-refractivity contribution < 1.29 is 23.8 Å². The average Bonchev–Trinajstić information content (AvgIpc) is 2.61. The minimum absolute atomic E-state index is 0.120. The van der Waals surface area contributed by atoms with Crippen LogP contribution in [0.15, 0.2) is 29.1 Å². The van der Waals surface area contributed by atoms with Crippen molar-refractivity contribution in [3.05, 3.63) is 51.4 Å². The summed E-state index contributed by atoms with van der Waals surface area (Å²) in [6.45, 7) is 3.40. The summed E-state index contributed by atoms with van der Waals surface area (Å²) < 4.78 is 15.3. The number of H-pyrrole nitrogens is 1. The van der Waals surface area contributed by atoms with E-state index in [-0.39, 0.29) is 17.7 Å². The van der Waals surface area contributed by atoms with Crippen LogP contribution in [0.2, 0.25) is 0 Å². The number of esters is 1. The first kappa shape index (κ1) is 19.0. The molecule has 0 saturated carbocycles. The van der Waals surface area contributed by atoms with Crippen molar-refractivity contribution in [2.45, 2.75) is 13.8 Å². The molecule has 2 rings (SSSR count). The standard InChI is InChI=1S/C18H20N2O6/c1-5-26-18(23)12-9-13(16(21)19-10(12)2)17(22)20-14-8-11(24-3)6-7-15(14)25-4/h6-9H,5H2,1-4H3,(H,19,21)(H,20,22). The Hall–Kier alpha value is -3.29. The zero-order valence-corrected chi connectivity index (χ0v) is 15.0. The molecule has 0 aliphatic rings. The molecule has 0 bridgehead atoms. The Kier molecular flexibility index (Phi) is 6.00. The Morgan fingerprint density at radius 2 is 1.85 bits per heavy atom. The number of pyridine rings is 1. The third-order valence-corrected chi connectivity index (χ3v) is 3.63. The molecule has 1 aromatic heterocycles. The normalized spacial score (nSPS) is 10.2. The number of rotatable bonds is 6. The van der Waals surface area contributed by atoms with Gasteiger partial charge in [0.15, 0.2) is 0 Å². The van der Waals surface area contributed by atoms with E-state index in [9.17, 15) is 14.4 Å². The Labute approximate surface area is 150 Å². The van der Waals surface area contributed by atoms with E-state index < -0.39 is 17.4 Å². The van der Waals surface area contributed by atoms with Crippen molar-refractivity contribution >= 4 is 17.6 Å². The van der Waals surface area contributed by atoms with Gasteiger partial charge in [-0.3, -0.25) is 9.59 Å². The van der Waals surface area contributed by atoms with Gasteiger partial charge in [0.05, 0.1) is 32.1 Å². The molecular weight excluding hydrogens is 340 g/mol. The summed E-state index contributed by atoms with van der Waals surface area (Å²) in [6, 6.07) is 6.07. The van der Waals surface area contributed by atoms with Crippen molar-refractivity contribution in [2.24, 2.45) is 0 Å². The Morgan fingerprint density at radius 1 is 1.12 bits per heavy atom. The molecule has 8 nitrogen and oxygen atoms in total. The number of carbonyl (C=O) groups excluding carboxylic acids is 2. The second kappa shape index (κ2) is 8.19. The van der Waals surface area contributed by atoms with Crippen LogP contribution in [0.5, 0.6) is 11.5 Å². The highest BCUT2D eigenvalue weighted by atomic mass is 16.5. The number of ether oxygens (including phenoxy) is 3. The quantitative estimate of drug-likeness (QED) is 0.764. The van der Waals surface area contributed by atoms with Crippen LogP contribution >= 0.6 is 0 Å². The Morgan fingerprint density at radius 3 is 2.46 bits per heavy atom. The fourth-order valence-electron chi connectivity index (χ4n) is 2.31. The summed E-state index contributed by atoms with van der Waals surface area (Å²) in [5.74, 6) is -0.406. The van der Waals surface area contributed by atoms with Crippen LogP contribution in [-0.2, 0) is 4.74 Å².